The quantitative estimate of drug-likeness (QED) is 0.378. The van der Waals surface area contributed by atoms with Crippen LogP contribution in [0.25, 0.3) is 0 Å². The second-order valence-corrected chi connectivity index (χ2v) is 13.6. The standard InChI is InChI=1S/C31H50O2/c1-19(2)21(4)26(33-9)18-20(3)23-11-12-24-22-10-13-27-29(5,6)28(32)15-17-31(27,8)25(22)14-16-30(23,24)7/h19-20,23-24,26-27H,4,10-18H2,1-3,5-9H3/t20-,23-,24+,26+,27+,30-,31-/m1/s1. The van der Waals surface area contributed by atoms with Gasteiger partial charge in [-0.15, -0.1) is 0 Å². The van der Waals surface area contributed by atoms with E-state index in [4.69, 9.17) is 4.74 Å². The molecule has 0 spiro atoms. The molecular weight excluding hydrogens is 404 g/mol. The summed E-state index contributed by atoms with van der Waals surface area (Å²) in [5.74, 6) is 3.67. The highest BCUT2D eigenvalue weighted by atomic mass is 16.5. The third-order valence-corrected chi connectivity index (χ3v) is 11.5. The summed E-state index contributed by atoms with van der Waals surface area (Å²) in [6, 6.07) is 0. The average molecular weight is 455 g/mol. The number of allylic oxidation sites excluding steroid dienone is 2. The van der Waals surface area contributed by atoms with Crippen LogP contribution in [0.2, 0.25) is 0 Å². The summed E-state index contributed by atoms with van der Waals surface area (Å²) in [7, 11) is 1.86. The molecule has 2 heteroatoms. The molecule has 0 aromatic carbocycles. The summed E-state index contributed by atoms with van der Waals surface area (Å²) < 4.78 is 5.92. The number of ether oxygens (including phenoxy) is 1. The molecule has 0 N–H and O–H groups in total. The Labute approximate surface area is 204 Å². The zero-order valence-corrected chi connectivity index (χ0v) is 22.9. The van der Waals surface area contributed by atoms with E-state index in [1.54, 1.807) is 5.57 Å². The molecule has 33 heavy (non-hydrogen) atoms. The summed E-state index contributed by atoms with van der Waals surface area (Å²) in [5.41, 5.74) is 5.37. The van der Waals surface area contributed by atoms with Gasteiger partial charge in [0.05, 0.1) is 6.10 Å². The molecule has 0 radical (unpaired) electrons. The molecule has 0 bridgehead atoms. The van der Waals surface area contributed by atoms with E-state index >= 15 is 0 Å². The van der Waals surface area contributed by atoms with Gasteiger partial charge in [0.15, 0.2) is 0 Å². The molecule has 0 heterocycles. The summed E-state index contributed by atoms with van der Waals surface area (Å²) in [4.78, 5) is 12.8. The predicted octanol–water partition coefficient (Wildman–Crippen LogP) is 8.17. The maximum absolute atomic E-state index is 12.8. The van der Waals surface area contributed by atoms with Crippen LogP contribution in [0.4, 0.5) is 0 Å². The van der Waals surface area contributed by atoms with Crippen molar-refractivity contribution in [3.63, 3.8) is 0 Å². The number of hydrogen-bond donors (Lipinski definition) is 0. The Hall–Kier alpha value is -0.890. The van der Waals surface area contributed by atoms with Gasteiger partial charge in [-0.05, 0) is 97.4 Å². The molecule has 0 amide bonds. The van der Waals surface area contributed by atoms with E-state index in [0.717, 1.165) is 31.1 Å². The van der Waals surface area contributed by atoms with Gasteiger partial charge >= 0.3 is 0 Å². The lowest BCUT2D eigenvalue weighted by molar-refractivity contribution is -0.139. The van der Waals surface area contributed by atoms with Gasteiger partial charge in [-0.3, -0.25) is 4.79 Å². The van der Waals surface area contributed by atoms with Crippen LogP contribution in [0.5, 0.6) is 0 Å². The van der Waals surface area contributed by atoms with Gasteiger partial charge in [0, 0.05) is 18.9 Å². The van der Waals surface area contributed by atoms with Crippen LogP contribution in [-0.4, -0.2) is 19.0 Å². The summed E-state index contributed by atoms with van der Waals surface area (Å²) in [6.45, 7) is 20.9. The van der Waals surface area contributed by atoms with Crippen LogP contribution in [0.15, 0.2) is 23.3 Å². The third kappa shape index (κ3) is 3.82. The third-order valence-electron chi connectivity index (χ3n) is 11.5. The first-order valence-electron chi connectivity index (χ1n) is 13.8. The Morgan fingerprint density at radius 1 is 1.03 bits per heavy atom. The number of rotatable bonds is 6. The smallest absolute Gasteiger partial charge is 0.138 e. The number of carbonyl (C=O) groups excluding carboxylic acids is 1. The molecule has 4 aliphatic rings. The first kappa shape index (κ1) is 25.2. The van der Waals surface area contributed by atoms with E-state index < -0.39 is 0 Å². The van der Waals surface area contributed by atoms with Crippen LogP contribution in [-0.2, 0) is 9.53 Å². The molecule has 7 atom stereocenters. The fourth-order valence-electron chi connectivity index (χ4n) is 9.35. The number of methoxy groups -OCH3 is 1. The van der Waals surface area contributed by atoms with E-state index in [1.165, 1.54) is 44.1 Å². The molecule has 0 unspecified atom stereocenters. The Morgan fingerprint density at radius 3 is 2.36 bits per heavy atom. The maximum Gasteiger partial charge on any atom is 0.138 e. The van der Waals surface area contributed by atoms with Crippen molar-refractivity contribution < 1.29 is 9.53 Å². The lowest BCUT2D eigenvalue weighted by Crippen LogP contribution is -2.52. The molecule has 2 saturated carbocycles. The monoisotopic (exact) mass is 454 g/mol. The van der Waals surface area contributed by atoms with Crippen LogP contribution < -0.4 is 0 Å². The Balaban J connectivity index is 1.58. The Bertz CT molecular complexity index is 832. The highest BCUT2D eigenvalue weighted by Crippen LogP contribution is 2.67. The zero-order chi connectivity index (χ0) is 24.3. The van der Waals surface area contributed by atoms with E-state index in [1.807, 2.05) is 12.7 Å². The van der Waals surface area contributed by atoms with Crippen LogP contribution in [0.1, 0.15) is 106 Å². The van der Waals surface area contributed by atoms with Gasteiger partial charge in [-0.25, -0.2) is 0 Å². The average Bonchev–Trinajstić information content (AvgIpc) is 3.11. The van der Waals surface area contributed by atoms with E-state index in [-0.39, 0.29) is 16.9 Å². The maximum atomic E-state index is 12.8. The van der Waals surface area contributed by atoms with Crippen molar-refractivity contribution in [2.45, 2.75) is 112 Å². The fourth-order valence-corrected chi connectivity index (χ4v) is 9.35. The highest BCUT2D eigenvalue weighted by molar-refractivity contribution is 5.85. The molecular formula is C31H50O2. The van der Waals surface area contributed by atoms with Crippen molar-refractivity contribution >= 4 is 5.78 Å². The number of ketones is 1. The second-order valence-electron chi connectivity index (χ2n) is 13.6. The molecule has 186 valence electrons. The fraction of sp³-hybridized carbons (Fsp3) is 0.839. The van der Waals surface area contributed by atoms with Crippen molar-refractivity contribution in [1.29, 1.82) is 0 Å². The first-order valence-corrected chi connectivity index (χ1v) is 13.8. The molecule has 4 rings (SSSR count). The van der Waals surface area contributed by atoms with Crippen molar-refractivity contribution in [3.8, 4) is 0 Å². The number of carbonyl (C=O) groups is 1. The SMILES string of the molecule is C=C(C(C)C)[C@H](C[C@@H](C)[C@H]1CC[C@H]2C3=C(CC[C@]12C)[C@@]1(C)CCC(=O)C(C)(C)[C@@H]1CC3)OC. The normalized spacial score (nSPS) is 39.7. The van der Waals surface area contributed by atoms with Gasteiger partial charge in [-0.1, -0.05) is 66.2 Å². The summed E-state index contributed by atoms with van der Waals surface area (Å²) in [5, 5.41) is 0. The van der Waals surface area contributed by atoms with Gasteiger partial charge < -0.3 is 4.74 Å². The Kier molecular flexibility index (Phi) is 6.61. The van der Waals surface area contributed by atoms with Crippen molar-refractivity contribution in [2.24, 2.45) is 45.8 Å². The zero-order valence-electron chi connectivity index (χ0n) is 22.9. The van der Waals surface area contributed by atoms with Crippen molar-refractivity contribution in [2.75, 3.05) is 7.11 Å². The van der Waals surface area contributed by atoms with Gasteiger partial charge in [-0.2, -0.15) is 0 Å². The minimum Gasteiger partial charge on any atom is -0.377 e. The lowest BCUT2D eigenvalue weighted by Gasteiger charge is -2.58. The molecule has 0 saturated heterocycles. The van der Waals surface area contributed by atoms with Gasteiger partial charge in [0.25, 0.3) is 0 Å². The lowest BCUT2D eigenvalue weighted by atomic mass is 9.46. The van der Waals surface area contributed by atoms with Crippen LogP contribution >= 0.6 is 0 Å². The minimum absolute atomic E-state index is 0.160. The summed E-state index contributed by atoms with van der Waals surface area (Å²) in [6.07, 6.45) is 10.9. The highest BCUT2D eigenvalue weighted by Gasteiger charge is 2.59. The summed E-state index contributed by atoms with van der Waals surface area (Å²) >= 11 is 0. The molecule has 2 nitrogen and oxygen atoms in total. The largest absolute Gasteiger partial charge is 0.377 e. The number of fused-ring (bicyclic) bond motifs is 4. The van der Waals surface area contributed by atoms with Gasteiger partial charge in [0.2, 0.25) is 0 Å². The van der Waals surface area contributed by atoms with Crippen LogP contribution in [0.3, 0.4) is 0 Å². The predicted molar refractivity (Wildman–Crippen MR) is 138 cm³/mol. The minimum atomic E-state index is -0.160. The topological polar surface area (TPSA) is 26.3 Å². The van der Waals surface area contributed by atoms with Crippen LogP contribution in [0, 0.1) is 45.8 Å². The van der Waals surface area contributed by atoms with Crippen molar-refractivity contribution in [1.82, 2.24) is 0 Å². The van der Waals surface area contributed by atoms with E-state index in [9.17, 15) is 4.79 Å². The molecule has 0 aromatic heterocycles. The molecule has 0 aromatic rings. The van der Waals surface area contributed by atoms with E-state index in [2.05, 4.69) is 55.0 Å². The number of Topliss-reactive ketones (excluding diaryl/α,β-unsaturated/α-hetero) is 1. The van der Waals surface area contributed by atoms with Gasteiger partial charge in [0.1, 0.15) is 5.78 Å². The Morgan fingerprint density at radius 2 is 1.73 bits per heavy atom. The molecule has 0 aliphatic heterocycles. The first-order chi connectivity index (χ1) is 15.4. The molecule has 2 fully saturated rings. The van der Waals surface area contributed by atoms with E-state index in [0.29, 0.717) is 29.0 Å². The second kappa shape index (κ2) is 8.65. The van der Waals surface area contributed by atoms with Crippen molar-refractivity contribution in [3.05, 3.63) is 23.3 Å². The molecule has 4 aliphatic carbocycles. The number of hydrogen-bond acceptors (Lipinski definition) is 2.